The summed E-state index contributed by atoms with van der Waals surface area (Å²) in [5.74, 6) is 0. The zero-order valence-electron chi connectivity index (χ0n) is 23.7. The van der Waals surface area contributed by atoms with E-state index in [0.717, 1.165) is 0 Å². The fourth-order valence-electron chi connectivity index (χ4n) is 9.09. The highest BCUT2D eigenvalue weighted by Gasteiger charge is 2.23. The van der Waals surface area contributed by atoms with E-state index in [1.807, 2.05) is 0 Å². The average molecular weight is 551 g/mol. The summed E-state index contributed by atoms with van der Waals surface area (Å²) in [6.07, 6.45) is 0. The van der Waals surface area contributed by atoms with Crippen molar-refractivity contribution >= 4 is 108 Å². The number of rotatable bonds is 1. The fraction of sp³-hybridized carbons (Fsp3) is 0. The van der Waals surface area contributed by atoms with Crippen LogP contribution in [0.3, 0.4) is 0 Å². The Balaban J connectivity index is 1.37. The number of fused-ring (bicyclic) bond motifs is 2. The smallest absolute Gasteiger partial charge is 0.000762 e. The van der Waals surface area contributed by atoms with E-state index < -0.39 is 0 Å². The van der Waals surface area contributed by atoms with Gasteiger partial charge in [0.25, 0.3) is 0 Å². The van der Waals surface area contributed by atoms with E-state index in [1.165, 1.54) is 119 Å². The van der Waals surface area contributed by atoms with Crippen LogP contribution in [0.5, 0.6) is 0 Å². The zero-order chi connectivity index (χ0) is 28.3. The SMILES string of the molecule is c1cc2cccc3c4c(-c5cc6ccc7ccc8ccc9ccc%10ccc5c5c%10c9c8c7c65)ccc5cccc(c(c1)c23)c54. The quantitative estimate of drug-likeness (QED) is 0.141. The summed E-state index contributed by atoms with van der Waals surface area (Å²) < 4.78 is 0. The number of benzene rings is 12. The normalized spacial score (nSPS) is 13.0. The Bertz CT molecular complexity index is 3080. The molecule has 0 atom stereocenters. The molecule has 0 radical (unpaired) electrons. The van der Waals surface area contributed by atoms with E-state index in [4.69, 9.17) is 0 Å². The lowest BCUT2D eigenvalue weighted by molar-refractivity contribution is 1.74. The van der Waals surface area contributed by atoms with Crippen molar-refractivity contribution in [2.75, 3.05) is 0 Å². The van der Waals surface area contributed by atoms with E-state index >= 15 is 0 Å². The average Bonchev–Trinajstić information content (AvgIpc) is 3.08. The summed E-state index contributed by atoms with van der Waals surface area (Å²) in [5, 5.41) is 27.1. The minimum absolute atomic E-state index is 1.30. The van der Waals surface area contributed by atoms with E-state index in [-0.39, 0.29) is 0 Å². The lowest BCUT2D eigenvalue weighted by Gasteiger charge is -2.23. The summed E-state index contributed by atoms with van der Waals surface area (Å²) in [7, 11) is 0. The number of hydrogen-bond donors (Lipinski definition) is 0. The van der Waals surface area contributed by atoms with Gasteiger partial charge in [0, 0.05) is 0 Å². The van der Waals surface area contributed by atoms with Gasteiger partial charge in [-0.25, -0.2) is 0 Å². The van der Waals surface area contributed by atoms with Crippen LogP contribution in [0.25, 0.3) is 119 Å². The molecule has 0 aliphatic carbocycles. The van der Waals surface area contributed by atoms with Crippen molar-refractivity contribution in [3.05, 3.63) is 133 Å². The molecule has 0 N–H and O–H groups in total. The first-order valence-electron chi connectivity index (χ1n) is 15.5. The summed E-state index contributed by atoms with van der Waals surface area (Å²) >= 11 is 0. The molecule has 198 valence electrons. The van der Waals surface area contributed by atoms with Crippen molar-refractivity contribution in [1.82, 2.24) is 0 Å². The first-order chi connectivity index (χ1) is 21.8. The molecule has 12 rings (SSSR count). The molecule has 0 bridgehead atoms. The Morgan fingerprint density at radius 2 is 0.636 bits per heavy atom. The van der Waals surface area contributed by atoms with Gasteiger partial charge in [0.1, 0.15) is 0 Å². The van der Waals surface area contributed by atoms with Crippen molar-refractivity contribution < 1.29 is 0 Å². The summed E-state index contributed by atoms with van der Waals surface area (Å²) in [6, 6.07) is 50.9. The minimum atomic E-state index is 1.30. The van der Waals surface area contributed by atoms with Crippen LogP contribution < -0.4 is 0 Å². The first-order valence-corrected chi connectivity index (χ1v) is 15.5. The highest BCUT2D eigenvalue weighted by molar-refractivity contribution is 6.46. The Hall–Kier alpha value is -5.72. The van der Waals surface area contributed by atoms with Gasteiger partial charge in [-0.1, -0.05) is 127 Å². The molecule has 0 aliphatic heterocycles. The van der Waals surface area contributed by atoms with Gasteiger partial charge in [-0.3, -0.25) is 0 Å². The van der Waals surface area contributed by atoms with Crippen LogP contribution in [-0.4, -0.2) is 0 Å². The van der Waals surface area contributed by atoms with E-state index in [1.54, 1.807) is 0 Å². The van der Waals surface area contributed by atoms with Crippen LogP contribution >= 0.6 is 0 Å². The summed E-state index contributed by atoms with van der Waals surface area (Å²) in [6.45, 7) is 0. The van der Waals surface area contributed by atoms with Gasteiger partial charge in [-0.15, -0.1) is 0 Å². The van der Waals surface area contributed by atoms with Gasteiger partial charge in [0.2, 0.25) is 0 Å². The molecule has 0 saturated carbocycles. The third-order valence-corrected chi connectivity index (χ3v) is 10.8. The molecule has 0 heteroatoms. The molecular weight excluding hydrogens is 528 g/mol. The van der Waals surface area contributed by atoms with Crippen LogP contribution in [-0.2, 0) is 0 Å². The lowest BCUT2D eigenvalue weighted by atomic mass is 9.80. The second kappa shape index (κ2) is 7.25. The molecular formula is C44H22. The van der Waals surface area contributed by atoms with E-state index in [9.17, 15) is 0 Å². The Morgan fingerprint density at radius 3 is 1.27 bits per heavy atom. The van der Waals surface area contributed by atoms with Gasteiger partial charge in [-0.2, -0.15) is 0 Å². The van der Waals surface area contributed by atoms with Crippen LogP contribution in [0.1, 0.15) is 0 Å². The molecule has 0 amide bonds. The molecule has 0 heterocycles. The maximum Gasteiger partial charge on any atom is -0.000762 e. The third kappa shape index (κ3) is 2.36. The second-order valence-corrected chi connectivity index (χ2v) is 12.8. The molecule has 0 aliphatic rings. The Labute approximate surface area is 251 Å². The molecule has 0 aromatic heterocycles. The molecule has 0 fully saturated rings. The highest BCUT2D eigenvalue weighted by Crippen LogP contribution is 2.52. The predicted octanol–water partition coefficient (Wildman–Crippen LogP) is 12.6. The fourth-order valence-corrected chi connectivity index (χ4v) is 9.09. The molecule has 44 heavy (non-hydrogen) atoms. The molecule has 12 aromatic carbocycles. The van der Waals surface area contributed by atoms with Crippen LogP contribution in [0.4, 0.5) is 0 Å². The van der Waals surface area contributed by atoms with Crippen molar-refractivity contribution in [1.29, 1.82) is 0 Å². The molecule has 12 aromatic rings. The van der Waals surface area contributed by atoms with Gasteiger partial charge in [-0.05, 0) is 125 Å². The molecule has 0 spiro atoms. The predicted molar refractivity (Wildman–Crippen MR) is 192 cm³/mol. The zero-order valence-corrected chi connectivity index (χ0v) is 23.7. The summed E-state index contributed by atoms with van der Waals surface area (Å²) in [4.78, 5) is 0. The topological polar surface area (TPSA) is 0 Å². The van der Waals surface area contributed by atoms with Crippen molar-refractivity contribution in [3.8, 4) is 11.1 Å². The largest absolute Gasteiger partial charge is 0.0610 e. The standard InChI is InChI=1S/C44H22/c1-4-23-5-3-9-34-36(23)30(7-1)31-8-2-6-24-18-20-32(43(34)37(24)31)35-22-29-17-16-27-13-11-25-10-12-26-14-15-28-19-21-33(35)44-41(28)39(26)38(25)40(27)42(29)44/h1-22H. The highest BCUT2D eigenvalue weighted by atomic mass is 14.3. The van der Waals surface area contributed by atoms with Crippen LogP contribution in [0.2, 0.25) is 0 Å². The first kappa shape index (κ1) is 21.9. The molecule has 0 saturated heterocycles. The third-order valence-electron chi connectivity index (χ3n) is 10.8. The lowest BCUT2D eigenvalue weighted by Crippen LogP contribution is -1.95. The molecule has 0 unspecified atom stereocenters. The Kier molecular flexibility index (Phi) is 3.61. The van der Waals surface area contributed by atoms with E-state index in [0.29, 0.717) is 0 Å². The monoisotopic (exact) mass is 550 g/mol. The van der Waals surface area contributed by atoms with Crippen LogP contribution in [0.15, 0.2) is 133 Å². The van der Waals surface area contributed by atoms with E-state index in [2.05, 4.69) is 133 Å². The second-order valence-electron chi connectivity index (χ2n) is 12.8. The maximum absolute atomic E-state index is 2.48. The molecule has 0 nitrogen and oxygen atoms in total. The van der Waals surface area contributed by atoms with Gasteiger partial charge >= 0.3 is 0 Å². The van der Waals surface area contributed by atoms with Crippen molar-refractivity contribution in [3.63, 3.8) is 0 Å². The van der Waals surface area contributed by atoms with Crippen LogP contribution in [0, 0.1) is 0 Å². The Morgan fingerprint density at radius 1 is 0.205 bits per heavy atom. The summed E-state index contributed by atoms with van der Waals surface area (Å²) in [5.41, 5.74) is 2.64. The van der Waals surface area contributed by atoms with Gasteiger partial charge in [0.15, 0.2) is 0 Å². The maximum atomic E-state index is 2.48. The minimum Gasteiger partial charge on any atom is -0.0610 e. The van der Waals surface area contributed by atoms with Crippen molar-refractivity contribution in [2.45, 2.75) is 0 Å². The number of hydrogen-bond acceptors (Lipinski definition) is 0. The van der Waals surface area contributed by atoms with Gasteiger partial charge in [0.05, 0.1) is 0 Å². The van der Waals surface area contributed by atoms with Gasteiger partial charge < -0.3 is 0 Å². The van der Waals surface area contributed by atoms with Crippen molar-refractivity contribution in [2.24, 2.45) is 0 Å².